The second kappa shape index (κ2) is 6.92. The Morgan fingerprint density at radius 1 is 1.40 bits per heavy atom. The number of nitrogens with zero attached hydrogens (tertiary/aromatic N) is 1. The number of hydrogen-bond acceptors (Lipinski definition) is 5. The maximum Gasteiger partial charge on any atom is 0.231 e. The van der Waals surface area contributed by atoms with Crippen molar-refractivity contribution in [2.24, 2.45) is 5.92 Å². The van der Waals surface area contributed by atoms with Crippen molar-refractivity contribution in [1.29, 1.82) is 0 Å². The molecule has 7 nitrogen and oxygen atoms in total. The molecule has 25 heavy (non-hydrogen) atoms. The lowest BCUT2D eigenvalue weighted by Gasteiger charge is -2.24. The van der Waals surface area contributed by atoms with Gasteiger partial charge in [0.25, 0.3) is 0 Å². The molecular weight excluding hydrogens is 324 g/mol. The van der Waals surface area contributed by atoms with E-state index in [1.165, 1.54) is 0 Å². The SMILES string of the molecule is CCC[C@](C)(O)CNC(=O)[C@@H]1CC(=O)N(c2ccc3c(c2)OCO3)C1. The molecule has 2 heterocycles. The largest absolute Gasteiger partial charge is 0.454 e. The van der Waals surface area contributed by atoms with E-state index in [9.17, 15) is 14.7 Å². The van der Waals surface area contributed by atoms with Crippen molar-refractivity contribution in [2.45, 2.75) is 38.7 Å². The van der Waals surface area contributed by atoms with Crippen molar-refractivity contribution in [1.82, 2.24) is 5.32 Å². The van der Waals surface area contributed by atoms with Gasteiger partial charge in [0.1, 0.15) is 0 Å². The number of fused-ring (bicyclic) bond motifs is 1. The Bertz CT molecular complexity index is 673. The summed E-state index contributed by atoms with van der Waals surface area (Å²) in [7, 11) is 0. The van der Waals surface area contributed by atoms with Crippen molar-refractivity contribution in [3.05, 3.63) is 18.2 Å². The summed E-state index contributed by atoms with van der Waals surface area (Å²) in [6.45, 7) is 4.37. The highest BCUT2D eigenvalue weighted by molar-refractivity contribution is 6.00. The van der Waals surface area contributed by atoms with Crippen LogP contribution >= 0.6 is 0 Å². The number of carbonyl (C=O) groups is 2. The molecule has 2 aliphatic heterocycles. The fourth-order valence-corrected chi connectivity index (χ4v) is 3.23. The molecule has 1 saturated heterocycles. The number of benzene rings is 1. The Kier molecular flexibility index (Phi) is 4.85. The van der Waals surface area contributed by atoms with E-state index in [1.54, 1.807) is 30.0 Å². The number of rotatable bonds is 6. The van der Waals surface area contributed by atoms with Crippen molar-refractivity contribution in [3.63, 3.8) is 0 Å². The van der Waals surface area contributed by atoms with E-state index in [4.69, 9.17) is 9.47 Å². The van der Waals surface area contributed by atoms with Crippen LogP contribution in [-0.4, -0.2) is 42.4 Å². The molecule has 136 valence electrons. The van der Waals surface area contributed by atoms with Gasteiger partial charge in [0, 0.05) is 31.3 Å². The summed E-state index contributed by atoms with van der Waals surface area (Å²) in [5.41, 5.74) is -0.230. The van der Waals surface area contributed by atoms with Crippen molar-refractivity contribution >= 4 is 17.5 Å². The van der Waals surface area contributed by atoms with Gasteiger partial charge in [-0.15, -0.1) is 0 Å². The lowest BCUT2D eigenvalue weighted by Crippen LogP contribution is -2.43. The first-order chi connectivity index (χ1) is 11.9. The second-order valence-electron chi connectivity index (χ2n) is 6.91. The third-order valence-corrected chi connectivity index (χ3v) is 4.60. The van der Waals surface area contributed by atoms with E-state index < -0.39 is 11.5 Å². The van der Waals surface area contributed by atoms with Gasteiger partial charge >= 0.3 is 0 Å². The summed E-state index contributed by atoms with van der Waals surface area (Å²) in [6.07, 6.45) is 1.61. The fraction of sp³-hybridized carbons (Fsp3) is 0.556. The van der Waals surface area contributed by atoms with Crippen LogP contribution in [0.15, 0.2) is 18.2 Å². The zero-order valence-corrected chi connectivity index (χ0v) is 14.6. The molecule has 0 aromatic heterocycles. The summed E-state index contributed by atoms with van der Waals surface area (Å²) in [5, 5.41) is 12.9. The van der Waals surface area contributed by atoms with E-state index in [-0.39, 0.29) is 31.6 Å². The molecule has 1 aromatic carbocycles. The van der Waals surface area contributed by atoms with Gasteiger partial charge in [-0.05, 0) is 25.5 Å². The van der Waals surface area contributed by atoms with Gasteiger partial charge in [0.2, 0.25) is 18.6 Å². The minimum atomic E-state index is -0.927. The lowest BCUT2D eigenvalue weighted by molar-refractivity contribution is -0.127. The molecule has 2 atom stereocenters. The normalized spacial score (nSPS) is 21.3. The molecule has 3 rings (SSSR count). The van der Waals surface area contributed by atoms with E-state index in [0.717, 1.165) is 6.42 Å². The Morgan fingerprint density at radius 3 is 2.92 bits per heavy atom. The van der Waals surface area contributed by atoms with Crippen molar-refractivity contribution < 1.29 is 24.2 Å². The molecule has 0 saturated carbocycles. The number of nitrogens with one attached hydrogen (secondary N) is 1. The van der Waals surface area contributed by atoms with Crippen molar-refractivity contribution in [2.75, 3.05) is 24.8 Å². The molecule has 1 aromatic rings. The summed E-state index contributed by atoms with van der Waals surface area (Å²) in [4.78, 5) is 26.3. The van der Waals surface area contributed by atoms with E-state index in [1.807, 2.05) is 6.92 Å². The predicted molar refractivity (Wildman–Crippen MR) is 91.6 cm³/mol. The molecule has 2 aliphatic rings. The summed E-state index contributed by atoms with van der Waals surface area (Å²) < 4.78 is 10.6. The van der Waals surface area contributed by atoms with Crippen LogP contribution in [0.2, 0.25) is 0 Å². The van der Waals surface area contributed by atoms with Crippen molar-refractivity contribution in [3.8, 4) is 11.5 Å². The smallest absolute Gasteiger partial charge is 0.231 e. The van der Waals surface area contributed by atoms with Crippen LogP contribution in [0.25, 0.3) is 0 Å². The highest BCUT2D eigenvalue weighted by atomic mass is 16.7. The monoisotopic (exact) mass is 348 g/mol. The van der Waals surface area contributed by atoms with E-state index in [2.05, 4.69) is 5.32 Å². The quantitative estimate of drug-likeness (QED) is 0.812. The number of amides is 2. The Hall–Kier alpha value is -2.28. The number of hydrogen-bond donors (Lipinski definition) is 2. The van der Waals surface area contributed by atoms with Gasteiger partial charge < -0.3 is 24.8 Å². The van der Waals surface area contributed by atoms with Gasteiger partial charge in [-0.3, -0.25) is 9.59 Å². The van der Waals surface area contributed by atoms with Crippen LogP contribution in [0.4, 0.5) is 5.69 Å². The van der Waals surface area contributed by atoms with Crippen LogP contribution in [-0.2, 0) is 9.59 Å². The van der Waals surface area contributed by atoms with Gasteiger partial charge in [0.15, 0.2) is 11.5 Å². The maximum absolute atomic E-state index is 12.4. The molecule has 2 amide bonds. The third-order valence-electron chi connectivity index (χ3n) is 4.60. The molecule has 0 aliphatic carbocycles. The molecule has 0 spiro atoms. The fourth-order valence-electron chi connectivity index (χ4n) is 3.23. The summed E-state index contributed by atoms with van der Waals surface area (Å²) >= 11 is 0. The van der Waals surface area contributed by atoms with Crippen LogP contribution in [0.3, 0.4) is 0 Å². The maximum atomic E-state index is 12.4. The standard InChI is InChI=1S/C18H24N2O5/c1-3-6-18(2,23)10-19-17(22)12-7-16(21)20(9-12)13-4-5-14-15(8-13)25-11-24-14/h4-5,8,12,23H,3,6-7,9-11H2,1-2H3,(H,19,22)/t12-,18+/m1/s1. The average Bonchev–Trinajstić information content (AvgIpc) is 3.18. The molecule has 0 radical (unpaired) electrons. The highest BCUT2D eigenvalue weighted by Gasteiger charge is 2.36. The number of carbonyl (C=O) groups excluding carboxylic acids is 2. The Morgan fingerprint density at radius 2 is 2.16 bits per heavy atom. The minimum absolute atomic E-state index is 0.0978. The molecule has 7 heteroatoms. The minimum Gasteiger partial charge on any atom is -0.454 e. The molecule has 2 N–H and O–H groups in total. The van der Waals surface area contributed by atoms with Gasteiger partial charge in [0.05, 0.1) is 11.5 Å². The first-order valence-electron chi connectivity index (χ1n) is 8.60. The van der Waals surface area contributed by atoms with Crippen LogP contribution < -0.4 is 19.7 Å². The topological polar surface area (TPSA) is 88.1 Å². The van der Waals surface area contributed by atoms with E-state index >= 15 is 0 Å². The van der Waals surface area contributed by atoms with Gasteiger partial charge in [-0.1, -0.05) is 13.3 Å². The molecular formula is C18H24N2O5. The van der Waals surface area contributed by atoms with Gasteiger partial charge in [-0.25, -0.2) is 0 Å². The average molecular weight is 348 g/mol. The number of anilines is 1. The van der Waals surface area contributed by atoms with Crippen LogP contribution in [0.1, 0.15) is 33.1 Å². The van der Waals surface area contributed by atoms with Crippen LogP contribution in [0.5, 0.6) is 11.5 Å². The summed E-state index contributed by atoms with van der Waals surface area (Å²) in [6, 6.07) is 5.31. The zero-order chi connectivity index (χ0) is 18.0. The molecule has 1 fully saturated rings. The number of ether oxygens (including phenoxy) is 2. The second-order valence-corrected chi connectivity index (χ2v) is 6.91. The highest BCUT2D eigenvalue weighted by Crippen LogP contribution is 2.37. The first kappa shape index (κ1) is 17.5. The zero-order valence-electron chi connectivity index (χ0n) is 14.6. The van der Waals surface area contributed by atoms with Gasteiger partial charge in [-0.2, -0.15) is 0 Å². The Labute approximate surface area is 146 Å². The first-order valence-corrected chi connectivity index (χ1v) is 8.60. The molecule has 0 unspecified atom stereocenters. The molecule has 0 bridgehead atoms. The number of aliphatic hydroxyl groups is 1. The lowest BCUT2D eigenvalue weighted by atomic mass is 10.00. The van der Waals surface area contributed by atoms with Crippen LogP contribution in [0, 0.1) is 5.92 Å². The summed E-state index contributed by atoms with van der Waals surface area (Å²) in [5.74, 6) is 0.541. The Balaban J connectivity index is 1.61. The van der Waals surface area contributed by atoms with E-state index in [0.29, 0.717) is 30.2 Å². The third kappa shape index (κ3) is 3.87. The predicted octanol–water partition coefficient (Wildman–Crippen LogP) is 1.44.